The molecule has 0 saturated heterocycles. The van der Waals surface area contributed by atoms with Crippen molar-refractivity contribution in [2.45, 2.75) is 12.3 Å². The highest BCUT2D eigenvalue weighted by molar-refractivity contribution is 5.79. The first-order valence-electron chi connectivity index (χ1n) is 5.30. The fourth-order valence-electron chi connectivity index (χ4n) is 1.45. The molecule has 2 N–H and O–H groups in total. The van der Waals surface area contributed by atoms with Crippen LogP contribution in [0.1, 0.15) is 17.9 Å². The molecule has 0 heterocycles. The van der Waals surface area contributed by atoms with Crippen molar-refractivity contribution < 1.29 is 24.5 Å². The van der Waals surface area contributed by atoms with E-state index >= 15 is 0 Å². The van der Waals surface area contributed by atoms with Gasteiger partial charge in [0.1, 0.15) is 5.75 Å². The number of carboxylic acid groups (broad SMARTS) is 2. The summed E-state index contributed by atoms with van der Waals surface area (Å²) in [6.07, 6.45) is 2.52. The number of hydrogen-bond donors (Lipinski definition) is 2. The Kier molecular flexibility index (Phi) is 4.92. The Balaban J connectivity index is 2.86. The molecule has 1 aromatic rings. The smallest absolute Gasteiger partial charge is 0.314 e. The lowest BCUT2D eigenvalue weighted by atomic mass is 9.98. The van der Waals surface area contributed by atoms with E-state index in [1.165, 1.54) is 19.3 Å². The molecule has 1 rings (SSSR count). The second-order valence-electron chi connectivity index (χ2n) is 3.62. The summed E-state index contributed by atoms with van der Waals surface area (Å²) in [7, 11) is 1.52. The quantitative estimate of drug-likeness (QED) is 0.753. The molecule has 0 aliphatic rings. The molecule has 0 aliphatic carbocycles. The fourth-order valence-corrected chi connectivity index (χ4v) is 1.45. The number of carboxylic acids is 2. The average Bonchev–Trinajstić information content (AvgIpc) is 2.34. The summed E-state index contributed by atoms with van der Waals surface area (Å²) in [6, 6.07) is 6.61. The summed E-state index contributed by atoms with van der Waals surface area (Å²) in [5.41, 5.74) is 0.574. The summed E-state index contributed by atoms with van der Waals surface area (Å²) in [6.45, 7) is 0. The van der Waals surface area contributed by atoms with Gasteiger partial charge < -0.3 is 14.9 Å². The minimum Gasteiger partial charge on any atom is -0.497 e. The average molecular weight is 250 g/mol. The van der Waals surface area contributed by atoms with Crippen LogP contribution in [0.25, 0.3) is 0 Å². The van der Waals surface area contributed by atoms with Crippen LogP contribution in [0.2, 0.25) is 0 Å². The normalized spacial score (nSPS) is 12.3. The van der Waals surface area contributed by atoms with Gasteiger partial charge in [-0.1, -0.05) is 24.3 Å². The van der Waals surface area contributed by atoms with Gasteiger partial charge >= 0.3 is 11.9 Å². The van der Waals surface area contributed by atoms with Crippen LogP contribution in [-0.2, 0) is 9.59 Å². The molecule has 1 aromatic carbocycles. The van der Waals surface area contributed by atoms with Crippen LogP contribution in [0, 0.1) is 0 Å². The van der Waals surface area contributed by atoms with E-state index in [4.69, 9.17) is 14.9 Å². The Morgan fingerprint density at radius 1 is 1.28 bits per heavy atom. The number of methoxy groups -OCH3 is 1. The molecular formula is C13H14O5. The first-order valence-corrected chi connectivity index (χ1v) is 5.30. The lowest BCUT2D eigenvalue weighted by Crippen LogP contribution is -2.09. The van der Waals surface area contributed by atoms with Gasteiger partial charge in [0.25, 0.3) is 0 Å². The zero-order chi connectivity index (χ0) is 13.5. The van der Waals surface area contributed by atoms with Crippen molar-refractivity contribution in [2.75, 3.05) is 7.11 Å². The van der Waals surface area contributed by atoms with Crippen LogP contribution >= 0.6 is 0 Å². The van der Waals surface area contributed by atoms with Crippen molar-refractivity contribution in [3.63, 3.8) is 0 Å². The van der Waals surface area contributed by atoms with Gasteiger partial charge in [-0.3, -0.25) is 9.59 Å². The van der Waals surface area contributed by atoms with Crippen LogP contribution in [0.5, 0.6) is 5.75 Å². The second kappa shape index (κ2) is 6.44. The molecule has 0 aliphatic heterocycles. The van der Waals surface area contributed by atoms with Crippen molar-refractivity contribution in [3.05, 3.63) is 42.0 Å². The van der Waals surface area contributed by atoms with Crippen LogP contribution in [0.4, 0.5) is 0 Å². The standard InChI is InChI=1S/C13H14O5/c1-18-10-7-5-9(6-8-10)11(13(16)17)3-2-4-12(14)15/h2-3,5-8,11H,4H2,1H3,(H,14,15)(H,16,17)/b3-2+. The minimum atomic E-state index is -1.03. The van der Waals surface area contributed by atoms with E-state index in [-0.39, 0.29) is 6.42 Å². The van der Waals surface area contributed by atoms with Gasteiger partial charge in [0.2, 0.25) is 0 Å². The Labute approximate surface area is 104 Å². The van der Waals surface area contributed by atoms with Crippen molar-refractivity contribution in [2.24, 2.45) is 0 Å². The van der Waals surface area contributed by atoms with E-state index < -0.39 is 17.9 Å². The summed E-state index contributed by atoms with van der Waals surface area (Å²) in [4.78, 5) is 21.5. The monoisotopic (exact) mass is 250 g/mol. The van der Waals surface area contributed by atoms with Crippen LogP contribution in [0.15, 0.2) is 36.4 Å². The maximum Gasteiger partial charge on any atom is 0.314 e. The number of carbonyl (C=O) groups is 2. The molecule has 0 aromatic heterocycles. The third-order valence-electron chi connectivity index (χ3n) is 2.36. The number of hydrogen-bond acceptors (Lipinski definition) is 3. The van der Waals surface area contributed by atoms with Gasteiger partial charge in [0.15, 0.2) is 0 Å². The van der Waals surface area contributed by atoms with Crippen molar-refractivity contribution in [1.29, 1.82) is 0 Å². The van der Waals surface area contributed by atoms with Crippen LogP contribution in [0.3, 0.4) is 0 Å². The Morgan fingerprint density at radius 2 is 1.89 bits per heavy atom. The molecule has 96 valence electrons. The Hall–Kier alpha value is -2.30. The number of benzene rings is 1. The first kappa shape index (κ1) is 13.8. The number of rotatable bonds is 6. The first-order chi connectivity index (χ1) is 8.54. The van der Waals surface area contributed by atoms with E-state index in [0.29, 0.717) is 11.3 Å². The molecule has 18 heavy (non-hydrogen) atoms. The highest BCUT2D eigenvalue weighted by atomic mass is 16.5. The van der Waals surface area contributed by atoms with Crippen LogP contribution < -0.4 is 4.74 Å². The maximum absolute atomic E-state index is 11.1. The van der Waals surface area contributed by atoms with E-state index in [0.717, 1.165) is 0 Å². The topological polar surface area (TPSA) is 83.8 Å². The predicted molar refractivity (Wildman–Crippen MR) is 64.8 cm³/mol. The predicted octanol–water partition coefficient (Wildman–Crippen LogP) is 1.89. The molecule has 0 radical (unpaired) electrons. The lowest BCUT2D eigenvalue weighted by molar-refractivity contribution is -0.138. The zero-order valence-corrected chi connectivity index (χ0v) is 9.87. The lowest BCUT2D eigenvalue weighted by Gasteiger charge is -2.08. The third-order valence-corrected chi connectivity index (χ3v) is 2.36. The van der Waals surface area contributed by atoms with E-state index in [2.05, 4.69) is 0 Å². The van der Waals surface area contributed by atoms with Gasteiger partial charge in [0.05, 0.1) is 19.4 Å². The molecule has 1 unspecified atom stereocenters. The molecule has 0 spiro atoms. The molecule has 0 amide bonds. The molecule has 1 atom stereocenters. The van der Waals surface area contributed by atoms with Crippen molar-refractivity contribution in [3.8, 4) is 5.75 Å². The van der Waals surface area contributed by atoms with Crippen LogP contribution in [-0.4, -0.2) is 29.3 Å². The molecule has 0 fully saturated rings. The van der Waals surface area contributed by atoms with Crippen molar-refractivity contribution >= 4 is 11.9 Å². The van der Waals surface area contributed by atoms with Crippen molar-refractivity contribution in [1.82, 2.24) is 0 Å². The van der Waals surface area contributed by atoms with Gasteiger partial charge in [-0.2, -0.15) is 0 Å². The van der Waals surface area contributed by atoms with E-state index in [1.54, 1.807) is 24.3 Å². The Bertz CT molecular complexity index is 447. The number of aliphatic carboxylic acids is 2. The fraction of sp³-hybridized carbons (Fsp3) is 0.231. The van der Waals surface area contributed by atoms with E-state index in [1.807, 2.05) is 0 Å². The summed E-state index contributed by atoms with van der Waals surface area (Å²) >= 11 is 0. The molecule has 0 bridgehead atoms. The summed E-state index contributed by atoms with van der Waals surface area (Å²) < 4.78 is 4.98. The van der Waals surface area contributed by atoms with Gasteiger partial charge in [-0.05, 0) is 17.7 Å². The van der Waals surface area contributed by atoms with Gasteiger partial charge in [0, 0.05) is 0 Å². The number of ether oxygens (including phenoxy) is 1. The van der Waals surface area contributed by atoms with Gasteiger partial charge in [-0.15, -0.1) is 0 Å². The largest absolute Gasteiger partial charge is 0.497 e. The Morgan fingerprint density at radius 3 is 2.33 bits per heavy atom. The van der Waals surface area contributed by atoms with Gasteiger partial charge in [-0.25, -0.2) is 0 Å². The third kappa shape index (κ3) is 3.93. The molecule has 0 saturated carbocycles. The summed E-state index contributed by atoms with van der Waals surface area (Å²) in [5.74, 6) is -2.24. The minimum absolute atomic E-state index is 0.195. The highest BCUT2D eigenvalue weighted by Gasteiger charge is 2.16. The SMILES string of the molecule is COc1ccc(C(/C=C/CC(=O)O)C(=O)O)cc1. The zero-order valence-electron chi connectivity index (χ0n) is 9.87. The maximum atomic E-state index is 11.1. The molecule has 5 heteroatoms. The molecular weight excluding hydrogens is 236 g/mol. The highest BCUT2D eigenvalue weighted by Crippen LogP contribution is 2.21. The van der Waals surface area contributed by atoms with E-state index in [9.17, 15) is 9.59 Å². The summed E-state index contributed by atoms with van der Waals surface area (Å²) in [5, 5.41) is 17.6. The molecule has 5 nitrogen and oxygen atoms in total. The second-order valence-corrected chi connectivity index (χ2v) is 3.62.